The van der Waals surface area contributed by atoms with Gasteiger partial charge < -0.3 is 5.32 Å². The molecule has 4 heteroatoms. The van der Waals surface area contributed by atoms with Crippen LogP contribution in [-0.2, 0) is 0 Å². The Hall–Kier alpha value is -1.00. The third kappa shape index (κ3) is 2.87. The van der Waals surface area contributed by atoms with E-state index >= 15 is 0 Å². The van der Waals surface area contributed by atoms with Crippen LogP contribution in [0.3, 0.4) is 0 Å². The van der Waals surface area contributed by atoms with Crippen molar-refractivity contribution in [3.8, 4) is 10.6 Å². The third-order valence-corrected chi connectivity index (χ3v) is 5.11. The number of nitrogens with one attached hydrogen (secondary N) is 1. The molecule has 94 valence electrons. The van der Waals surface area contributed by atoms with Crippen LogP contribution < -0.4 is 5.32 Å². The summed E-state index contributed by atoms with van der Waals surface area (Å²) in [7, 11) is 0. The molecule has 1 aliphatic heterocycles. The minimum Gasteiger partial charge on any atom is -0.381 e. The first-order valence-corrected chi connectivity index (χ1v) is 8.29. The van der Waals surface area contributed by atoms with Gasteiger partial charge in [0.1, 0.15) is 5.01 Å². The van der Waals surface area contributed by atoms with Gasteiger partial charge in [-0.1, -0.05) is 12.1 Å². The Balaban J connectivity index is 1.74. The highest BCUT2D eigenvalue weighted by molar-refractivity contribution is 7.99. The van der Waals surface area contributed by atoms with Crippen LogP contribution in [0.15, 0.2) is 35.8 Å². The Kier molecular flexibility index (Phi) is 3.86. The van der Waals surface area contributed by atoms with Crippen LogP contribution in [0.1, 0.15) is 12.8 Å². The van der Waals surface area contributed by atoms with Crippen molar-refractivity contribution in [1.29, 1.82) is 0 Å². The van der Waals surface area contributed by atoms with E-state index < -0.39 is 0 Å². The summed E-state index contributed by atoms with van der Waals surface area (Å²) in [4.78, 5) is 4.36. The van der Waals surface area contributed by atoms with Gasteiger partial charge in [0.15, 0.2) is 0 Å². The van der Waals surface area contributed by atoms with Crippen LogP contribution in [-0.4, -0.2) is 22.5 Å². The fraction of sp³-hybridized carbons (Fsp3) is 0.357. The number of aromatic nitrogens is 1. The van der Waals surface area contributed by atoms with Gasteiger partial charge in [0.25, 0.3) is 0 Å². The number of nitrogens with zero attached hydrogens (tertiary/aromatic N) is 1. The molecule has 1 unspecified atom stereocenters. The molecule has 0 saturated carbocycles. The van der Waals surface area contributed by atoms with Gasteiger partial charge >= 0.3 is 0 Å². The van der Waals surface area contributed by atoms with Gasteiger partial charge in [0.2, 0.25) is 0 Å². The van der Waals surface area contributed by atoms with Crippen molar-refractivity contribution in [2.45, 2.75) is 18.9 Å². The molecule has 2 aromatic rings. The maximum absolute atomic E-state index is 4.36. The molecule has 1 N–H and O–H groups in total. The minimum atomic E-state index is 0.621. The molecule has 1 fully saturated rings. The Bertz CT molecular complexity index is 490. The first-order valence-electron chi connectivity index (χ1n) is 6.26. The summed E-state index contributed by atoms with van der Waals surface area (Å²) in [5.74, 6) is 2.54. The average Bonchev–Trinajstić information content (AvgIpc) is 2.94. The SMILES string of the molecule is c1cc(NC2CCCSC2)cc(-c2nccs2)c1. The first-order chi connectivity index (χ1) is 8.92. The standard InChI is InChI=1S/C14H16N2S2/c1-3-11(14-15-6-8-18-14)9-12(4-1)16-13-5-2-7-17-10-13/h1,3-4,6,8-9,13,16H,2,5,7,10H2. The van der Waals surface area contributed by atoms with E-state index in [0.717, 1.165) is 5.01 Å². The molecule has 0 amide bonds. The lowest BCUT2D eigenvalue weighted by molar-refractivity contribution is 0.685. The van der Waals surface area contributed by atoms with Crippen molar-refractivity contribution in [3.05, 3.63) is 35.8 Å². The van der Waals surface area contributed by atoms with Gasteiger partial charge in [-0.3, -0.25) is 0 Å². The normalized spacial score (nSPS) is 19.7. The summed E-state index contributed by atoms with van der Waals surface area (Å²) < 4.78 is 0. The number of thiazole rings is 1. The van der Waals surface area contributed by atoms with Gasteiger partial charge in [-0.15, -0.1) is 11.3 Å². The van der Waals surface area contributed by atoms with Crippen LogP contribution in [0.4, 0.5) is 5.69 Å². The van der Waals surface area contributed by atoms with E-state index in [1.54, 1.807) is 11.3 Å². The molecule has 2 nitrogen and oxygen atoms in total. The highest BCUT2D eigenvalue weighted by Gasteiger charge is 2.13. The quantitative estimate of drug-likeness (QED) is 0.913. The highest BCUT2D eigenvalue weighted by atomic mass is 32.2. The largest absolute Gasteiger partial charge is 0.381 e. The van der Waals surface area contributed by atoms with Crippen molar-refractivity contribution >= 4 is 28.8 Å². The summed E-state index contributed by atoms with van der Waals surface area (Å²) in [6.45, 7) is 0. The number of hydrogen-bond acceptors (Lipinski definition) is 4. The van der Waals surface area contributed by atoms with E-state index in [1.807, 2.05) is 11.6 Å². The maximum atomic E-state index is 4.36. The molecule has 0 bridgehead atoms. The Labute approximate surface area is 116 Å². The number of hydrogen-bond donors (Lipinski definition) is 1. The summed E-state index contributed by atoms with van der Waals surface area (Å²) in [5, 5.41) is 6.75. The van der Waals surface area contributed by atoms with E-state index in [4.69, 9.17) is 0 Å². The second-order valence-electron chi connectivity index (χ2n) is 4.48. The summed E-state index contributed by atoms with van der Waals surface area (Å²) >= 11 is 3.74. The summed E-state index contributed by atoms with van der Waals surface area (Å²) in [6.07, 6.45) is 4.47. The zero-order valence-electron chi connectivity index (χ0n) is 10.1. The van der Waals surface area contributed by atoms with E-state index in [1.165, 1.54) is 35.6 Å². The molecule has 2 heterocycles. The van der Waals surface area contributed by atoms with Gasteiger partial charge in [-0.2, -0.15) is 11.8 Å². The molecule has 1 aromatic carbocycles. The molecule has 1 aliphatic rings. The van der Waals surface area contributed by atoms with Crippen molar-refractivity contribution in [1.82, 2.24) is 4.98 Å². The molecule has 3 rings (SSSR count). The van der Waals surface area contributed by atoms with E-state index in [2.05, 4.69) is 46.3 Å². The van der Waals surface area contributed by atoms with Crippen LogP contribution in [0.5, 0.6) is 0 Å². The molecule has 18 heavy (non-hydrogen) atoms. The smallest absolute Gasteiger partial charge is 0.123 e. The third-order valence-electron chi connectivity index (χ3n) is 3.07. The van der Waals surface area contributed by atoms with Crippen LogP contribution >= 0.6 is 23.1 Å². The van der Waals surface area contributed by atoms with Crippen LogP contribution in [0, 0.1) is 0 Å². The lowest BCUT2D eigenvalue weighted by Crippen LogP contribution is -2.25. The molecule has 1 atom stereocenters. The predicted octanol–water partition coefficient (Wildman–Crippen LogP) is 4.12. The lowest BCUT2D eigenvalue weighted by Gasteiger charge is -2.23. The number of anilines is 1. The predicted molar refractivity (Wildman–Crippen MR) is 81.5 cm³/mol. The molecule has 0 radical (unpaired) electrons. The number of benzene rings is 1. The Morgan fingerprint density at radius 3 is 3.11 bits per heavy atom. The van der Waals surface area contributed by atoms with Crippen LogP contribution in [0.25, 0.3) is 10.6 Å². The van der Waals surface area contributed by atoms with E-state index in [9.17, 15) is 0 Å². The average molecular weight is 276 g/mol. The van der Waals surface area contributed by atoms with Gasteiger partial charge in [-0.25, -0.2) is 4.98 Å². The minimum absolute atomic E-state index is 0.621. The number of rotatable bonds is 3. The molecule has 0 aliphatic carbocycles. The van der Waals surface area contributed by atoms with Crippen molar-refractivity contribution in [2.75, 3.05) is 16.8 Å². The zero-order valence-corrected chi connectivity index (χ0v) is 11.8. The fourth-order valence-corrected chi connectivity index (χ4v) is 3.91. The maximum Gasteiger partial charge on any atom is 0.123 e. The van der Waals surface area contributed by atoms with Crippen molar-refractivity contribution in [2.24, 2.45) is 0 Å². The Morgan fingerprint density at radius 1 is 1.33 bits per heavy atom. The van der Waals surface area contributed by atoms with Gasteiger partial charge in [-0.05, 0) is 30.7 Å². The van der Waals surface area contributed by atoms with Crippen LogP contribution in [0.2, 0.25) is 0 Å². The van der Waals surface area contributed by atoms with Gasteiger partial charge in [0, 0.05) is 34.6 Å². The summed E-state index contributed by atoms with van der Waals surface area (Å²) in [5.41, 5.74) is 2.42. The highest BCUT2D eigenvalue weighted by Crippen LogP contribution is 2.26. The topological polar surface area (TPSA) is 24.9 Å². The lowest BCUT2D eigenvalue weighted by atomic mass is 10.1. The van der Waals surface area contributed by atoms with E-state index in [0.29, 0.717) is 6.04 Å². The number of thioether (sulfide) groups is 1. The van der Waals surface area contributed by atoms with E-state index in [-0.39, 0.29) is 0 Å². The molecule has 1 saturated heterocycles. The zero-order chi connectivity index (χ0) is 12.2. The molecular formula is C14H16N2S2. The molecular weight excluding hydrogens is 260 g/mol. The fourth-order valence-electron chi connectivity index (χ4n) is 2.20. The second kappa shape index (κ2) is 5.76. The molecule has 0 spiro atoms. The Morgan fingerprint density at radius 2 is 2.33 bits per heavy atom. The van der Waals surface area contributed by atoms with Crippen molar-refractivity contribution in [3.63, 3.8) is 0 Å². The molecule has 1 aromatic heterocycles. The van der Waals surface area contributed by atoms with Gasteiger partial charge in [0.05, 0.1) is 0 Å². The van der Waals surface area contributed by atoms with Crippen molar-refractivity contribution < 1.29 is 0 Å². The first kappa shape index (κ1) is 12.1. The monoisotopic (exact) mass is 276 g/mol. The summed E-state index contributed by atoms with van der Waals surface area (Å²) in [6, 6.07) is 9.21. The second-order valence-corrected chi connectivity index (χ2v) is 6.52.